The maximum atomic E-state index is 12.3. The number of benzene rings is 2. The minimum absolute atomic E-state index is 0.0283. The van der Waals surface area contributed by atoms with Crippen LogP contribution in [0.25, 0.3) is 0 Å². The van der Waals surface area contributed by atoms with Gasteiger partial charge in [-0.05, 0) is 69.0 Å². The van der Waals surface area contributed by atoms with Crippen LogP contribution in [0.2, 0.25) is 0 Å². The van der Waals surface area contributed by atoms with Crippen LogP contribution in [0.5, 0.6) is 0 Å². The predicted molar refractivity (Wildman–Crippen MR) is 112 cm³/mol. The lowest BCUT2D eigenvalue weighted by molar-refractivity contribution is 0.0953. The van der Waals surface area contributed by atoms with Crippen molar-refractivity contribution >= 4 is 5.91 Å². The number of hydrogen-bond acceptors (Lipinski definition) is 2. The minimum atomic E-state index is 0.0283. The van der Waals surface area contributed by atoms with E-state index in [4.69, 9.17) is 0 Å². The Hall–Kier alpha value is -2.13. The third kappa shape index (κ3) is 6.51. The highest BCUT2D eigenvalue weighted by molar-refractivity contribution is 5.94. The van der Waals surface area contributed by atoms with Crippen LogP contribution in [-0.2, 0) is 13.0 Å². The summed E-state index contributed by atoms with van der Waals surface area (Å²) in [7, 11) is 0. The average molecular weight is 365 g/mol. The summed E-state index contributed by atoms with van der Waals surface area (Å²) in [6.45, 7) is 6.22. The first-order valence-electron chi connectivity index (χ1n) is 10.4. The maximum absolute atomic E-state index is 12.3. The van der Waals surface area contributed by atoms with Gasteiger partial charge in [0.15, 0.2) is 0 Å². The van der Waals surface area contributed by atoms with E-state index in [0.29, 0.717) is 6.54 Å². The van der Waals surface area contributed by atoms with E-state index in [1.54, 1.807) is 0 Å². The minimum Gasteiger partial charge on any atom is -0.352 e. The third-order valence-electron chi connectivity index (χ3n) is 5.33. The fourth-order valence-corrected chi connectivity index (χ4v) is 3.78. The van der Waals surface area contributed by atoms with Crippen LogP contribution >= 0.6 is 0 Å². The molecule has 3 heteroatoms. The quantitative estimate of drug-likeness (QED) is 0.720. The lowest BCUT2D eigenvalue weighted by Gasteiger charge is -2.19. The van der Waals surface area contributed by atoms with Crippen LogP contribution in [-0.4, -0.2) is 30.4 Å². The first kappa shape index (κ1) is 19.6. The predicted octanol–water partition coefficient (Wildman–Crippen LogP) is 4.73. The molecular formula is C24H32N2O. The van der Waals surface area contributed by atoms with Crippen molar-refractivity contribution in [3.63, 3.8) is 0 Å². The Bertz CT molecular complexity index is 715. The number of likely N-dealkylation sites (tertiary alicyclic amines) is 1. The Kier molecular flexibility index (Phi) is 7.46. The highest BCUT2D eigenvalue weighted by atomic mass is 16.1. The van der Waals surface area contributed by atoms with E-state index in [1.807, 2.05) is 12.1 Å². The summed E-state index contributed by atoms with van der Waals surface area (Å²) < 4.78 is 0. The lowest BCUT2D eigenvalue weighted by Crippen LogP contribution is -2.25. The Morgan fingerprint density at radius 2 is 1.70 bits per heavy atom. The summed E-state index contributed by atoms with van der Waals surface area (Å²) in [5.41, 5.74) is 4.68. The largest absolute Gasteiger partial charge is 0.352 e. The molecule has 0 aliphatic carbocycles. The van der Waals surface area contributed by atoms with Gasteiger partial charge in [-0.25, -0.2) is 0 Å². The molecular weight excluding hydrogens is 332 g/mol. The van der Waals surface area contributed by atoms with E-state index in [1.165, 1.54) is 55.5 Å². The highest BCUT2D eigenvalue weighted by Crippen LogP contribution is 2.14. The molecule has 0 spiro atoms. The molecule has 1 aliphatic rings. The van der Waals surface area contributed by atoms with Gasteiger partial charge in [-0.15, -0.1) is 0 Å². The summed E-state index contributed by atoms with van der Waals surface area (Å²) in [6, 6.07) is 16.7. The van der Waals surface area contributed by atoms with Gasteiger partial charge in [0.1, 0.15) is 0 Å². The number of amides is 1. The van der Waals surface area contributed by atoms with Crippen LogP contribution < -0.4 is 5.32 Å². The average Bonchev–Trinajstić information content (AvgIpc) is 2.94. The van der Waals surface area contributed by atoms with Crippen molar-refractivity contribution in [1.29, 1.82) is 0 Å². The Morgan fingerprint density at radius 1 is 0.963 bits per heavy atom. The second-order valence-electron chi connectivity index (χ2n) is 7.74. The molecule has 1 N–H and O–H groups in total. The molecule has 1 amide bonds. The molecule has 27 heavy (non-hydrogen) atoms. The topological polar surface area (TPSA) is 32.3 Å². The molecule has 3 nitrogen and oxygen atoms in total. The van der Waals surface area contributed by atoms with Crippen LogP contribution in [0.1, 0.15) is 59.2 Å². The van der Waals surface area contributed by atoms with Gasteiger partial charge in [0.05, 0.1) is 0 Å². The fraction of sp³-hybridized carbons (Fsp3) is 0.458. The summed E-state index contributed by atoms with van der Waals surface area (Å²) in [6.07, 6.45) is 7.30. The molecule has 3 rings (SSSR count). The van der Waals surface area contributed by atoms with E-state index in [9.17, 15) is 4.79 Å². The van der Waals surface area contributed by atoms with E-state index in [-0.39, 0.29) is 5.91 Å². The van der Waals surface area contributed by atoms with Crippen LogP contribution in [0.3, 0.4) is 0 Å². The van der Waals surface area contributed by atoms with Gasteiger partial charge in [-0.3, -0.25) is 9.69 Å². The maximum Gasteiger partial charge on any atom is 0.251 e. The molecule has 1 fully saturated rings. The van der Waals surface area contributed by atoms with Gasteiger partial charge in [0, 0.05) is 18.7 Å². The number of nitrogens with zero attached hydrogens (tertiary/aromatic N) is 1. The van der Waals surface area contributed by atoms with Gasteiger partial charge >= 0.3 is 0 Å². The van der Waals surface area contributed by atoms with Crippen molar-refractivity contribution in [1.82, 2.24) is 10.2 Å². The van der Waals surface area contributed by atoms with E-state index in [0.717, 1.165) is 24.9 Å². The first-order chi connectivity index (χ1) is 13.2. The molecule has 0 bridgehead atoms. The number of nitrogens with one attached hydrogen (secondary N) is 1. The van der Waals surface area contributed by atoms with Crippen molar-refractivity contribution in [3.05, 3.63) is 70.8 Å². The van der Waals surface area contributed by atoms with Gasteiger partial charge in [-0.1, -0.05) is 54.8 Å². The van der Waals surface area contributed by atoms with Crippen molar-refractivity contribution in [2.45, 2.75) is 52.0 Å². The van der Waals surface area contributed by atoms with Crippen LogP contribution in [0.4, 0.5) is 0 Å². The lowest BCUT2D eigenvalue weighted by atomic mass is 10.1. The number of carbonyl (C=O) groups is 1. The van der Waals surface area contributed by atoms with Gasteiger partial charge in [0.25, 0.3) is 5.91 Å². The molecule has 0 radical (unpaired) electrons. The zero-order chi connectivity index (χ0) is 18.9. The van der Waals surface area contributed by atoms with Gasteiger partial charge in [-0.2, -0.15) is 0 Å². The molecule has 2 aromatic rings. The number of carbonyl (C=O) groups excluding carboxylic acids is 1. The molecule has 2 aromatic carbocycles. The van der Waals surface area contributed by atoms with Gasteiger partial charge in [0.2, 0.25) is 0 Å². The number of rotatable bonds is 7. The third-order valence-corrected chi connectivity index (χ3v) is 5.33. The second kappa shape index (κ2) is 10.3. The Morgan fingerprint density at radius 3 is 2.41 bits per heavy atom. The molecule has 0 saturated carbocycles. The number of aryl methyl sites for hydroxylation is 2. The molecule has 144 valence electrons. The number of hydrogen-bond donors (Lipinski definition) is 1. The molecule has 0 aromatic heterocycles. The molecule has 1 heterocycles. The molecule has 0 unspecified atom stereocenters. The second-order valence-corrected chi connectivity index (χ2v) is 7.74. The van der Waals surface area contributed by atoms with Crippen LogP contribution in [0.15, 0.2) is 48.5 Å². The molecule has 1 saturated heterocycles. The van der Waals surface area contributed by atoms with E-state index < -0.39 is 0 Å². The Balaban J connectivity index is 1.41. The van der Waals surface area contributed by atoms with Crippen molar-refractivity contribution in [2.24, 2.45) is 0 Å². The monoisotopic (exact) mass is 364 g/mol. The standard InChI is InChI=1S/C24H32N2O/c1-20-8-6-9-21(18-20)10-7-15-25-24(27)23-13-11-22(12-14-23)19-26-16-4-2-3-5-17-26/h6,8-9,11-14,18H,2-5,7,10,15-17,19H2,1H3,(H,25,27). The van der Waals surface area contributed by atoms with Crippen molar-refractivity contribution in [2.75, 3.05) is 19.6 Å². The van der Waals surface area contributed by atoms with Crippen molar-refractivity contribution in [3.8, 4) is 0 Å². The molecule has 1 aliphatic heterocycles. The SMILES string of the molecule is Cc1cccc(CCCNC(=O)c2ccc(CN3CCCCCC3)cc2)c1. The van der Waals surface area contributed by atoms with Crippen LogP contribution in [0, 0.1) is 6.92 Å². The van der Waals surface area contributed by atoms with Crippen molar-refractivity contribution < 1.29 is 4.79 Å². The molecule has 0 atom stereocenters. The Labute approximate surface area is 163 Å². The fourth-order valence-electron chi connectivity index (χ4n) is 3.78. The summed E-state index contributed by atoms with van der Waals surface area (Å²) >= 11 is 0. The summed E-state index contributed by atoms with van der Waals surface area (Å²) in [4.78, 5) is 14.9. The van der Waals surface area contributed by atoms with E-state index >= 15 is 0 Å². The zero-order valence-corrected chi connectivity index (χ0v) is 16.5. The normalized spacial score (nSPS) is 15.3. The van der Waals surface area contributed by atoms with E-state index in [2.05, 4.69) is 53.5 Å². The first-order valence-corrected chi connectivity index (χ1v) is 10.4. The summed E-state index contributed by atoms with van der Waals surface area (Å²) in [5, 5.41) is 3.04. The summed E-state index contributed by atoms with van der Waals surface area (Å²) in [5.74, 6) is 0.0283. The zero-order valence-electron chi connectivity index (χ0n) is 16.5. The van der Waals surface area contributed by atoms with Gasteiger partial charge < -0.3 is 5.32 Å². The smallest absolute Gasteiger partial charge is 0.251 e. The highest BCUT2D eigenvalue weighted by Gasteiger charge is 2.10.